The fourth-order valence-electron chi connectivity index (χ4n) is 2.17. The highest BCUT2D eigenvalue weighted by Gasteiger charge is 2.37. The lowest BCUT2D eigenvalue weighted by atomic mass is 10.2. The lowest BCUT2D eigenvalue weighted by Crippen LogP contribution is -2.40. The van der Waals surface area contributed by atoms with Crippen LogP contribution in [0.2, 0.25) is 18.1 Å². The molecule has 5 nitrogen and oxygen atoms in total. The van der Waals surface area contributed by atoms with Crippen LogP contribution in [0.1, 0.15) is 39.7 Å². The van der Waals surface area contributed by atoms with Gasteiger partial charge in [0.2, 0.25) is 0 Å². The number of aromatic nitrogens is 1. The summed E-state index contributed by atoms with van der Waals surface area (Å²) >= 11 is 0. The van der Waals surface area contributed by atoms with Crippen LogP contribution in [-0.2, 0) is 20.6 Å². The molecule has 0 spiro atoms. The van der Waals surface area contributed by atoms with Gasteiger partial charge in [-0.25, -0.2) is 9.78 Å². The zero-order valence-corrected chi connectivity index (χ0v) is 16.5. The van der Waals surface area contributed by atoms with Gasteiger partial charge in [-0.05, 0) is 31.1 Å². The molecular weight excluding hydrogens is 320 g/mol. The van der Waals surface area contributed by atoms with E-state index in [1.165, 1.54) is 0 Å². The van der Waals surface area contributed by atoms with E-state index in [1.54, 1.807) is 6.20 Å². The van der Waals surface area contributed by atoms with E-state index >= 15 is 0 Å². The molecule has 2 rings (SSSR count). The third-order valence-electron chi connectivity index (χ3n) is 4.88. The van der Waals surface area contributed by atoms with E-state index in [1.807, 2.05) is 19.1 Å². The van der Waals surface area contributed by atoms with Gasteiger partial charge in [-0.1, -0.05) is 26.8 Å². The minimum atomic E-state index is -1.83. The van der Waals surface area contributed by atoms with Crippen molar-refractivity contribution in [1.82, 2.24) is 4.98 Å². The van der Waals surface area contributed by atoms with Crippen LogP contribution < -0.4 is 5.32 Å². The van der Waals surface area contributed by atoms with Crippen molar-refractivity contribution in [1.29, 1.82) is 0 Å². The van der Waals surface area contributed by atoms with E-state index in [-0.39, 0.29) is 11.0 Å². The van der Waals surface area contributed by atoms with Crippen LogP contribution in [0.15, 0.2) is 29.6 Å². The molecule has 132 valence electrons. The minimum absolute atomic E-state index is 0.161. The van der Waals surface area contributed by atoms with Crippen molar-refractivity contribution in [2.45, 2.75) is 58.9 Å². The van der Waals surface area contributed by atoms with Crippen molar-refractivity contribution in [3.8, 4) is 0 Å². The summed E-state index contributed by atoms with van der Waals surface area (Å²) in [4.78, 5) is 16.1. The first kappa shape index (κ1) is 18.7. The number of nitrogens with zero attached hydrogens (tertiary/aromatic N) is 1. The number of allylic oxidation sites excluding steroid dienone is 1. The fourth-order valence-corrected chi connectivity index (χ4v) is 3.12. The van der Waals surface area contributed by atoms with Gasteiger partial charge in [0, 0.05) is 23.9 Å². The number of cyclic esters (lactones) is 1. The zero-order chi connectivity index (χ0) is 18.0. The zero-order valence-electron chi connectivity index (χ0n) is 15.5. The molecular formula is C18H28N2O3Si. The van der Waals surface area contributed by atoms with Gasteiger partial charge in [-0.15, -0.1) is 0 Å². The van der Waals surface area contributed by atoms with E-state index in [4.69, 9.17) is 9.16 Å². The van der Waals surface area contributed by atoms with Crippen molar-refractivity contribution < 1.29 is 14.0 Å². The maximum atomic E-state index is 11.7. The molecule has 1 aromatic heterocycles. The van der Waals surface area contributed by atoms with Crippen LogP contribution in [-0.4, -0.2) is 25.9 Å². The van der Waals surface area contributed by atoms with Gasteiger partial charge in [-0.2, -0.15) is 0 Å². The number of hydrogen-bond acceptors (Lipinski definition) is 5. The molecule has 1 fully saturated rings. The first-order chi connectivity index (χ1) is 11.1. The fraction of sp³-hybridized carbons (Fsp3) is 0.556. The summed E-state index contributed by atoms with van der Waals surface area (Å²) < 4.78 is 11.3. The van der Waals surface area contributed by atoms with E-state index in [9.17, 15) is 4.79 Å². The molecule has 0 unspecified atom stereocenters. The Balaban J connectivity index is 2.15. The monoisotopic (exact) mass is 348 g/mol. The van der Waals surface area contributed by atoms with Gasteiger partial charge < -0.3 is 14.5 Å². The molecule has 1 aromatic rings. The summed E-state index contributed by atoms with van der Waals surface area (Å²) in [5.41, 5.74) is 2.48. The molecule has 0 aromatic carbocycles. The average molecular weight is 349 g/mol. The molecule has 0 saturated carbocycles. The number of pyridine rings is 1. The first-order valence-corrected chi connectivity index (χ1v) is 11.2. The minimum Gasteiger partial charge on any atom is -0.462 e. The quantitative estimate of drug-likeness (QED) is 0.490. The summed E-state index contributed by atoms with van der Waals surface area (Å²) in [6.07, 6.45) is 2.38. The lowest BCUT2D eigenvalue weighted by molar-refractivity contribution is -0.135. The van der Waals surface area contributed by atoms with E-state index in [0.717, 1.165) is 17.1 Å². The van der Waals surface area contributed by atoms with Crippen molar-refractivity contribution in [2.75, 3.05) is 11.9 Å². The van der Waals surface area contributed by atoms with Gasteiger partial charge >= 0.3 is 5.97 Å². The Morgan fingerprint density at radius 1 is 1.42 bits per heavy atom. The Morgan fingerprint density at radius 2 is 2.12 bits per heavy atom. The van der Waals surface area contributed by atoms with Crippen LogP contribution in [0.25, 0.3) is 0 Å². The summed E-state index contributed by atoms with van der Waals surface area (Å²) in [5, 5.41) is 3.42. The van der Waals surface area contributed by atoms with E-state index in [0.29, 0.717) is 25.2 Å². The molecule has 0 amide bonds. The van der Waals surface area contributed by atoms with Crippen molar-refractivity contribution in [3.05, 3.63) is 35.2 Å². The van der Waals surface area contributed by atoms with E-state index in [2.05, 4.69) is 44.2 Å². The largest absolute Gasteiger partial charge is 0.462 e. The SMILES string of the molecule is CC(Nc1ncccc1CO[Si](C)(C)C(C)(C)C)=C1CCOC1=O. The normalized spacial score (nSPS) is 17.7. The maximum Gasteiger partial charge on any atom is 0.335 e. The van der Waals surface area contributed by atoms with Crippen LogP contribution in [0.3, 0.4) is 0 Å². The summed E-state index contributed by atoms with van der Waals surface area (Å²) in [6.45, 7) is 14.0. The first-order valence-electron chi connectivity index (χ1n) is 8.33. The molecule has 0 radical (unpaired) electrons. The molecule has 1 aliphatic heterocycles. The topological polar surface area (TPSA) is 60.5 Å². The smallest absolute Gasteiger partial charge is 0.335 e. The van der Waals surface area contributed by atoms with Gasteiger partial charge in [0.15, 0.2) is 8.32 Å². The Bertz CT molecular complexity index is 648. The van der Waals surface area contributed by atoms with Crippen LogP contribution in [0.5, 0.6) is 0 Å². The molecule has 24 heavy (non-hydrogen) atoms. The maximum absolute atomic E-state index is 11.7. The lowest BCUT2D eigenvalue weighted by Gasteiger charge is -2.36. The van der Waals surface area contributed by atoms with Crippen LogP contribution >= 0.6 is 0 Å². The second-order valence-corrected chi connectivity index (χ2v) is 12.5. The van der Waals surface area contributed by atoms with Gasteiger partial charge in [-0.3, -0.25) is 0 Å². The highest BCUT2D eigenvalue weighted by molar-refractivity contribution is 6.74. The molecule has 6 heteroatoms. The third kappa shape index (κ3) is 4.24. The van der Waals surface area contributed by atoms with Crippen molar-refractivity contribution in [3.63, 3.8) is 0 Å². The highest BCUT2D eigenvalue weighted by Crippen LogP contribution is 2.37. The average Bonchev–Trinajstić information content (AvgIpc) is 2.91. The number of rotatable bonds is 5. The Labute approximate surface area is 145 Å². The van der Waals surface area contributed by atoms with Gasteiger partial charge in [0.1, 0.15) is 5.82 Å². The van der Waals surface area contributed by atoms with E-state index < -0.39 is 8.32 Å². The summed E-state index contributed by atoms with van der Waals surface area (Å²) in [7, 11) is -1.83. The molecule has 1 aliphatic rings. The molecule has 0 bridgehead atoms. The van der Waals surface area contributed by atoms with Gasteiger partial charge in [0.25, 0.3) is 0 Å². The van der Waals surface area contributed by atoms with Crippen LogP contribution in [0, 0.1) is 0 Å². The summed E-state index contributed by atoms with van der Waals surface area (Å²) in [6, 6.07) is 3.91. The van der Waals surface area contributed by atoms with Crippen LogP contribution in [0.4, 0.5) is 5.82 Å². The number of hydrogen-bond donors (Lipinski definition) is 1. The number of carbonyl (C=O) groups is 1. The summed E-state index contributed by atoms with van der Waals surface area (Å²) in [5.74, 6) is 0.496. The number of esters is 1. The molecule has 1 saturated heterocycles. The van der Waals surface area contributed by atoms with Crippen molar-refractivity contribution in [2.24, 2.45) is 0 Å². The molecule has 0 atom stereocenters. The predicted molar refractivity (Wildman–Crippen MR) is 98.1 cm³/mol. The predicted octanol–water partition coefficient (Wildman–Crippen LogP) is 4.24. The number of anilines is 1. The molecule has 0 aliphatic carbocycles. The Kier molecular flexibility index (Phi) is 5.50. The Morgan fingerprint density at radius 3 is 2.71 bits per heavy atom. The second-order valence-electron chi connectivity index (χ2n) is 7.67. The number of nitrogens with one attached hydrogen (secondary N) is 1. The Hall–Kier alpha value is -1.66. The highest BCUT2D eigenvalue weighted by atomic mass is 28.4. The standard InChI is InChI=1S/C18H28N2O3Si/c1-13(15-9-11-22-17(15)21)20-16-14(8-7-10-19-16)12-23-24(5,6)18(2,3)4/h7-8,10H,9,11-12H2,1-6H3,(H,19,20). The second kappa shape index (κ2) is 7.07. The number of carbonyl (C=O) groups excluding carboxylic acids is 1. The van der Waals surface area contributed by atoms with Gasteiger partial charge in [0.05, 0.1) is 18.8 Å². The molecule has 2 heterocycles. The van der Waals surface area contributed by atoms with Crippen molar-refractivity contribution >= 4 is 20.1 Å². The number of ether oxygens (including phenoxy) is 1. The molecule has 1 N–H and O–H groups in total. The third-order valence-corrected chi connectivity index (χ3v) is 9.35.